The highest BCUT2D eigenvalue weighted by Crippen LogP contribution is 2.39. The smallest absolute Gasteiger partial charge is 0.251 e. The molecular formula is C19H17ClN2O4. The SMILES string of the molecule is O=C(NCc1ccc(N2CCCC2=O)cc1)c1cc(Cl)c2c(c1)OCO2. The van der Waals surface area contributed by atoms with E-state index in [1.165, 1.54) is 0 Å². The maximum Gasteiger partial charge on any atom is 0.251 e. The van der Waals surface area contributed by atoms with Crippen molar-refractivity contribution >= 4 is 29.1 Å². The summed E-state index contributed by atoms with van der Waals surface area (Å²) in [6.07, 6.45) is 1.50. The molecule has 1 saturated heterocycles. The van der Waals surface area contributed by atoms with Gasteiger partial charge in [0.15, 0.2) is 11.5 Å². The second kappa shape index (κ2) is 6.88. The molecule has 1 N–H and O–H groups in total. The molecule has 0 saturated carbocycles. The Morgan fingerprint density at radius 3 is 2.73 bits per heavy atom. The predicted octanol–water partition coefficient (Wildman–Crippen LogP) is 3.13. The van der Waals surface area contributed by atoms with Gasteiger partial charge in [0.25, 0.3) is 5.91 Å². The Hall–Kier alpha value is -2.73. The van der Waals surface area contributed by atoms with E-state index >= 15 is 0 Å². The predicted molar refractivity (Wildman–Crippen MR) is 96.8 cm³/mol. The molecular weight excluding hydrogens is 356 g/mol. The number of hydrogen-bond donors (Lipinski definition) is 1. The van der Waals surface area contributed by atoms with Crippen molar-refractivity contribution in [2.45, 2.75) is 19.4 Å². The van der Waals surface area contributed by atoms with Gasteiger partial charge < -0.3 is 19.7 Å². The highest BCUT2D eigenvalue weighted by molar-refractivity contribution is 6.32. The van der Waals surface area contributed by atoms with Crippen LogP contribution in [-0.4, -0.2) is 25.2 Å². The zero-order valence-corrected chi connectivity index (χ0v) is 14.7. The lowest BCUT2D eigenvalue weighted by Gasteiger charge is -2.16. The quantitative estimate of drug-likeness (QED) is 0.895. The van der Waals surface area contributed by atoms with Gasteiger partial charge in [-0.15, -0.1) is 0 Å². The van der Waals surface area contributed by atoms with Gasteiger partial charge >= 0.3 is 0 Å². The summed E-state index contributed by atoms with van der Waals surface area (Å²) < 4.78 is 10.5. The number of hydrogen-bond acceptors (Lipinski definition) is 4. The minimum Gasteiger partial charge on any atom is -0.454 e. The first kappa shape index (κ1) is 16.7. The third-order valence-corrected chi connectivity index (χ3v) is 4.74. The molecule has 1 fully saturated rings. The summed E-state index contributed by atoms with van der Waals surface area (Å²) in [5, 5.41) is 3.21. The summed E-state index contributed by atoms with van der Waals surface area (Å²) in [4.78, 5) is 25.9. The molecule has 134 valence electrons. The Morgan fingerprint density at radius 2 is 2.00 bits per heavy atom. The molecule has 4 rings (SSSR count). The van der Waals surface area contributed by atoms with E-state index in [0.717, 1.165) is 24.2 Å². The summed E-state index contributed by atoms with van der Waals surface area (Å²) in [6.45, 7) is 1.24. The third kappa shape index (κ3) is 3.20. The third-order valence-electron chi connectivity index (χ3n) is 4.46. The zero-order valence-electron chi connectivity index (χ0n) is 14.0. The highest BCUT2D eigenvalue weighted by atomic mass is 35.5. The van der Waals surface area contributed by atoms with E-state index in [1.54, 1.807) is 17.0 Å². The Bertz CT molecular complexity index is 867. The fourth-order valence-corrected chi connectivity index (χ4v) is 3.36. The molecule has 0 unspecified atom stereocenters. The molecule has 7 heteroatoms. The Kier molecular flexibility index (Phi) is 4.42. The number of nitrogens with one attached hydrogen (secondary N) is 1. The lowest BCUT2D eigenvalue weighted by Crippen LogP contribution is -2.24. The van der Waals surface area contributed by atoms with Crippen LogP contribution in [0.1, 0.15) is 28.8 Å². The number of benzene rings is 2. The van der Waals surface area contributed by atoms with Crippen LogP contribution in [0.3, 0.4) is 0 Å². The van der Waals surface area contributed by atoms with Crippen molar-refractivity contribution in [1.82, 2.24) is 5.32 Å². The second-order valence-electron chi connectivity index (χ2n) is 6.19. The molecule has 26 heavy (non-hydrogen) atoms. The molecule has 2 heterocycles. The van der Waals surface area contributed by atoms with E-state index in [1.807, 2.05) is 24.3 Å². The average Bonchev–Trinajstić information content (AvgIpc) is 3.29. The summed E-state index contributed by atoms with van der Waals surface area (Å²) >= 11 is 6.11. The standard InChI is InChI=1S/C19H17ClN2O4/c20-15-8-13(9-16-18(15)26-11-25-16)19(24)21-10-12-3-5-14(6-4-12)22-7-1-2-17(22)23/h3-6,8-9H,1-2,7,10-11H2,(H,21,24). The number of rotatable bonds is 4. The first-order valence-corrected chi connectivity index (χ1v) is 8.76. The van der Waals surface area contributed by atoms with Crippen molar-refractivity contribution in [3.05, 3.63) is 52.5 Å². The monoisotopic (exact) mass is 372 g/mol. The maximum atomic E-state index is 12.4. The highest BCUT2D eigenvalue weighted by Gasteiger charge is 2.22. The van der Waals surface area contributed by atoms with Crippen molar-refractivity contribution in [1.29, 1.82) is 0 Å². The molecule has 6 nitrogen and oxygen atoms in total. The molecule has 0 radical (unpaired) electrons. The number of anilines is 1. The Balaban J connectivity index is 1.40. The topological polar surface area (TPSA) is 67.9 Å². The van der Waals surface area contributed by atoms with Gasteiger partial charge in [-0.2, -0.15) is 0 Å². The number of carbonyl (C=O) groups excluding carboxylic acids is 2. The molecule has 2 aliphatic rings. The van der Waals surface area contributed by atoms with Gasteiger partial charge in [-0.05, 0) is 36.2 Å². The summed E-state index contributed by atoms with van der Waals surface area (Å²) in [6, 6.07) is 10.8. The molecule has 0 aliphatic carbocycles. The van der Waals surface area contributed by atoms with Crippen LogP contribution in [0.15, 0.2) is 36.4 Å². The minimum atomic E-state index is -0.246. The fourth-order valence-electron chi connectivity index (χ4n) is 3.10. The first-order valence-electron chi connectivity index (χ1n) is 8.38. The van der Waals surface area contributed by atoms with Crippen molar-refractivity contribution in [3.63, 3.8) is 0 Å². The summed E-state index contributed by atoms with van der Waals surface area (Å²) in [5.74, 6) is 0.854. The van der Waals surface area contributed by atoms with E-state index in [-0.39, 0.29) is 18.6 Å². The van der Waals surface area contributed by atoms with Gasteiger partial charge in [0.2, 0.25) is 12.7 Å². The largest absolute Gasteiger partial charge is 0.454 e. The van der Waals surface area contributed by atoms with Gasteiger partial charge in [0.05, 0.1) is 5.02 Å². The van der Waals surface area contributed by atoms with Gasteiger partial charge in [-0.1, -0.05) is 23.7 Å². The number of ether oxygens (including phenoxy) is 2. The van der Waals surface area contributed by atoms with Crippen molar-refractivity contribution in [3.8, 4) is 11.5 Å². The molecule has 0 spiro atoms. The minimum absolute atomic E-state index is 0.103. The van der Waals surface area contributed by atoms with Crippen molar-refractivity contribution in [2.24, 2.45) is 0 Å². The van der Waals surface area contributed by atoms with Gasteiger partial charge in [0.1, 0.15) is 0 Å². The molecule has 0 aromatic heterocycles. The Morgan fingerprint density at radius 1 is 1.19 bits per heavy atom. The molecule has 2 aromatic carbocycles. The summed E-state index contributed by atoms with van der Waals surface area (Å²) in [7, 11) is 0. The van der Waals surface area contributed by atoms with E-state index in [9.17, 15) is 9.59 Å². The number of carbonyl (C=O) groups is 2. The van der Waals surface area contributed by atoms with Gasteiger partial charge in [0, 0.05) is 30.8 Å². The zero-order chi connectivity index (χ0) is 18.1. The first-order chi connectivity index (χ1) is 12.6. The van der Waals surface area contributed by atoms with Crippen LogP contribution in [0.25, 0.3) is 0 Å². The number of fused-ring (bicyclic) bond motifs is 1. The molecule has 0 atom stereocenters. The van der Waals surface area contributed by atoms with Crippen LogP contribution < -0.4 is 19.7 Å². The lowest BCUT2D eigenvalue weighted by molar-refractivity contribution is -0.117. The van der Waals surface area contributed by atoms with E-state index in [4.69, 9.17) is 21.1 Å². The van der Waals surface area contributed by atoms with E-state index in [2.05, 4.69) is 5.32 Å². The van der Waals surface area contributed by atoms with Crippen LogP contribution >= 0.6 is 11.6 Å². The fraction of sp³-hybridized carbons (Fsp3) is 0.263. The van der Waals surface area contributed by atoms with Crippen LogP contribution in [0, 0.1) is 0 Å². The van der Waals surface area contributed by atoms with Crippen LogP contribution in [0.4, 0.5) is 5.69 Å². The van der Waals surface area contributed by atoms with Crippen molar-refractivity contribution in [2.75, 3.05) is 18.2 Å². The number of amides is 2. The van der Waals surface area contributed by atoms with Gasteiger partial charge in [-0.3, -0.25) is 9.59 Å². The normalized spacial score (nSPS) is 15.4. The second-order valence-corrected chi connectivity index (χ2v) is 6.60. The van der Waals surface area contributed by atoms with Crippen LogP contribution in [0.5, 0.6) is 11.5 Å². The Labute approximate surface area is 155 Å². The van der Waals surface area contributed by atoms with E-state index < -0.39 is 0 Å². The number of halogens is 1. The van der Waals surface area contributed by atoms with Crippen LogP contribution in [-0.2, 0) is 11.3 Å². The van der Waals surface area contributed by atoms with Gasteiger partial charge in [-0.25, -0.2) is 0 Å². The van der Waals surface area contributed by atoms with Crippen molar-refractivity contribution < 1.29 is 19.1 Å². The number of nitrogens with zero attached hydrogens (tertiary/aromatic N) is 1. The van der Waals surface area contributed by atoms with E-state index in [0.29, 0.717) is 35.1 Å². The maximum absolute atomic E-state index is 12.4. The molecule has 2 aromatic rings. The molecule has 2 amide bonds. The lowest BCUT2D eigenvalue weighted by atomic mass is 10.1. The average molecular weight is 373 g/mol. The van der Waals surface area contributed by atoms with Crippen LogP contribution in [0.2, 0.25) is 5.02 Å². The molecule has 2 aliphatic heterocycles. The summed E-state index contributed by atoms with van der Waals surface area (Å²) in [5.41, 5.74) is 2.25. The molecule has 0 bridgehead atoms.